The van der Waals surface area contributed by atoms with Gasteiger partial charge in [0.05, 0.1) is 10.3 Å². The number of para-hydroxylation sites is 1. The Morgan fingerprint density at radius 1 is 1.19 bits per heavy atom. The number of hydrogen-bond donors (Lipinski definition) is 1. The normalized spacial score (nSPS) is 14.5. The molecule has 5 nitrogen and oxygen atoms in total. The average Bonchev–Trinajstić information content (AvgIpc) is 3.14. The number of rotatable bonds is 4. The summed E-state index contributed by atoms with van der Waals surface area (Å²) in [6, 6.07) is 9.76. The molecule has 27 heavy (non-hydrogen) atoms. The van der Waals surface area contributed by atoms with Crippen molar-refractivity contribution in [3.63, 3.8) is 0 Å². The van der Waals surface area contributed by atoms with Crippen molar-refractivity contribution in [2.75, 3.05) is 29.6 Å². The molecule has 1 N–H and O–H groups in total. The van der Waals surface area contributed by atoms with Gasteiger partial charge in [0, 0.05) is 18.8 Å². The number of thioether (sulfide) groups is 1. The molecule has 1 aliphatic heterocycles. The molecule has 140 valence electrons. The zero-order chi connectivity index (χ0) is 18.8. The van der Waals surface area contributed by atoms with E-state index in [9.17, 15) is 4.79 Å². The van der Waals surface area contributed by atoms with E-state index in [4.69, 9.17) is 4.98 Å². The van der Waals surface area contributed by atoms with Crippen LogP contribution < -0.4 is 10.2 Å². The maximum Gasteiger partial charge on any atom is 0.265 e. The molecule has 1 aromatic carbocycles. The second-order valence-corrected chi connectivity index (χ2v) is 8.48. The molecule has 0 aliphatic carbocycles. The van der Waals surface area contributed by atoms with Gasteiger partial charge in [-0.1, -0.05) is 30.0 Å². The lowest BCUT2D eigenvalue weighted by Crippen LogP contribution is -2.30. The number of benzene rings is 1. The van der Waals surface area contributed by atoms with Crippen molar-refractivity contribution in [3.8, 4) is 0 Å². The number of thiophene rings is 1. The number of carbonyl (C=O) groups excluding carboxylic acids is 1. The SMILES string of the molecule is CSc1nc(N2CCCCC2)c2cc(C(=O)Nc3ccccc3C)sc2n1. The Morgan fingerprint density at radius 3 is 2.70 bits per heavy atom. The molecule has 1 saturated heterocycles. The van der Waals surface area contributed by atoms with E-state index in [-0.39, 0.29) is 5.91 Å². The first-order valence-corrected chi connectivity index (χ1v) is 11.2. The summed E-state index contributed by atoms with van der Waals surface area (Å²) in [5.74, 6) is 0.873. The summed E-state index contributed by atoms with van der Waals surface area (Å²) in [4.78, 5) is 26.1. The Morgan fingerprint density at radius 2 is 1.96 bits per heavy atom. The van der Waals surface area contributed by atoms with Gasteiger partial charge in [-0.25, -0.2) is 9.97 Å². The number of amides is 1. The lowest BCUT2D eigenvalue weighted by molar-refractivity contribution is 0.103. The van der Waals surface area contributed by atoms with Gasteiger partial charge in [0.15, 0.2) is 5.16 Å². The molecular weight excluding hydrogens is 376 g/mol. The zero-order valence-electron chi connectivity index (χ0n) is 15.5. The van der Waals surface area contributed by atoms with Gasteiger partial charge in [-0.2, -0.15) is 0 Å². The Kier molecular flexibility index (Phi) is 5.31. The minimum atomic E-state index is -0.0948. The highest BCUT2D eigenvalue weighted by atomic mass is 32.2. The van der Waals surface area contributed by atoms with Crippen LogP contribution in [-0.4, -0.2) is 35.2 Å². The summed E-state index contributed by atoms with van der Waals surface area (Å²) >= 11 is 2.98. The van der Waals surface area contributed by atoms with E-state index in [0.29, 0.717) is 4.88 Å². The number of aryl methyl sites for hydroxylation is 1. The van der Waals surface area contributed by atoms with Gasteiger partial charge in [-0.15, -0.1) is 11.3 Å². The molecule has 0 unspecified atom stereocenters. The van der Waals surface area contributed by atoms with Gasteiger partial charge in [-0.3, -0.25) is 4.79 Å². The average molecular weight is 399 g/mol. The van der Waals surface area contributed by atoms with Crippen molar-refractivity contribution in [2.45, 2.75) is 31.3 Å². The molecule has 0 bridgehead atoms. The van der Waals surface area contributed by atoms with Crippen LogP contribution in [0, 0.1) is 6.92 Å². The van der Waals surface area contributed by atoms with E-state index in [1.807, 2.05) is 43.5 Å². The Balaban J connectivity index is 1.70. The summed E-state index contributed by atoms with van der Waals surface area (Å²) in [5.41, 5.74) is 1.89. The third kappa shape index (κ3) is 3.80. The van der Waals surface area contributed by atoms with Crippen LogP contribution in [0.4, 0.5) is 11.5 Å². The van der Waals surface area contributed by atoms with E-state index >= 15 is 0 Å². The van der Waals surface area contributed by atoms with Gasteiger partial charge in [-0.05, 0) is 50.1 Å². The number of carbonyl (C=O) groups is 1. The predicted octanol–water partition coefficient (Wildman–Crippen LogP) is 4.96. The Hall–Kier alpha value is -2.12. The van der Waals surface area contributed by atoms with Crippen LogP contribution in [0.2, 0.25) is 0 Å². The highest BCUT2D eigenvalue weighted by molar-refractivity contribution is 7.98. The lowest BCUT2D eigenvalue weighted by atomic mass is 10.1. The fraction of sp³-hybridized carbons (Fsp3) is 0.350. The Bertz CT molecular complexity index is 979. The first-order chi connectivity index (χ1) is 13.2. The summed E-state index contributed by atoms with van der Waals surface area (Å²) in [5, 5.41) is 4.76. The number of aromatic nitrogens is 2. The molecule has 2 aromatic heterocycles. The van der Waals surface area contributed by atoms with Crippen molar-refractivity contribution in [1.29, 1.82) is 0 Å². The summed E-state index contributed by atoms with van der Waals surface area (Å²) in [6.07, 6.45) is 5.63. The molecule has 0 saturated carbocycles. The number of nitrogens with zero attached hydrogens (tertiary/aromatic N) is 3. The fourth-order valence-electron chi connectivity index (χ4n) is 3.33. The van der Waals surface area contributed by atoms with Crippen LogP contribution in [0.15, 0.2) is 35.5 Å². The monoisotopic (exact) mass is 398 g/mol. The first kappa shape index (κ1) is 18.3. The Labute approximate surface area is 167 Å². The van der Waals surface area contributed by atoms with Gasteiger partial charge in [0.2, 0.25) is 0 Å². The van der Waals surface area contributed by atoms with Crippen molar-refractivity contribution >= 4 is 50.7 Å². The van der Waals surface area contributed by atoms with Gasteiger partial charge < -0.3 is 10.2 Å². The molecular formula is C20H22N4OS2. The molecule has 3 heterocycles. The zero-order valence-corrected chi connectivity index (χ0v) is 17.1. The van der Waals surface area contributed by atoms with Crippen LogP contribution >= 0.6 is 23.1 Å². The summed E-state index contributed by atoms with van der Waals surface area (Å²) in [7, 11) is 0. The lowest BCUT2D eigenvalue weighted by Gasteiger charge is -2.28. The van der Waals surface area contributed by atoms with Crippen molar-refractivity contribution in [1.82, 2.24) is 9.97 Å². The maximum atomic E-state index is 12.8. The molecule has 1 amide bonds. The molecule has 3 aromatic rings. The number of hydrogen-bond acceptors (Lipinski definition) is 6. The van der Waals surface area contributed by atoms with E-state index < -0.39 is 0 Å². The highest BCUT2D eigenvalue weighted by Crippen LogP contribution is 2.34. The van der Waals surface area contributed by atoms with E-state index in [2.05, 4.69) is 15.2 Å². The number of piperidine rings is 1. The molecule has 0 spiro atoms. The van der Waals surface area contributed by atoms with E-state index in [1.165, 1.54) is 30.6 Å². The molecule has 4 rings (SSSR count). The fourth-order valence-corrected chi connectivity index (χ4v) is 4.67. The predicted molar refractivity (Wildman–Crippen MR) is 114 cm³/mol. The molecule has 1 aliphatic rings. The van der Waals surface area contributed by atoms with Crippen LogP contribution in [0.5, 0.6) is 0 Å². The molecule has 0 atom stereocenters. The van der Waals surface area contributed by atoms with Crippen LogP contribution in [0.1, 0.15) is 34.5 Å². The molecule has 0 radical (unpaired) electrons. The third-order valence-corrected chi connectivity index (χ3v) is 6.38. The topological polar surface area (TPSA) is 58.1 Å². The summed E-state index contributed by atoms with van der Waals surface area (Å²) < 4.78 is 0. The van der Waals surface area contributed by atoms with Crippen LogP contribution in [0.25, 0.3) is 10.2 Å². The van der Waals surface area contributed by atoms with Gasteiger partial charge in [0.1, 0.15) is 10.6 Å². The van der Waals surface area contributed by atoms with Crippen molar-refractivity contribution < 1.29 is 4.79 Å². The van der Waals surface area contributed by atoms with Crippen LogP contribution in [-0.2, 0) is 0 Å². The quantitative estimate of drug-likeness (QED) is 0.497. The number of fused-ring (bicyclic) bond motifs is 1. The van der Waals surface area contributed by atoms with Crippen LogP contribution in [0.3, 0.4) is 0 Å². The van der Waals surface area contributed by atoms with Gasteiger partial charge >= 0.3 is 0 Å². The molecule has 7 heteroatoms. The third-order valence-electron chi connectivity index (χ3n) is 4.81. The minimum Gasteiger partial charge on any atom is -0.356 e. The standard InChI is InChI=1S/C20H22N4OS2/c1-13-8-4-5-9-15(13)21-18(25)16-12-14-17(24-10-6-3-7-11-24)22-20(26-2)23-19(14)27-16/h4-5,8-9,12H,3,6-7,10-11H2,1-2H3,(H,21,25). The largest absolute Gasteiger partial charge is 0.356 e. The number of nitrogens with one attached hydrogen (secondary N) is 1. The number of anilines is 2. The van der Waals surface area contributed by atoms with E-state index in [1.54, 1.807) is 11.8 Å². The first-order valence-electron chi connectivity index (χ1n) is 9.13. The second-order valence-electron chi connectivity index (χ2n) is 6.68. The molecule has 1 fully saturated rings. The highest BCUT2D eigenvalue weighted by Gasteiger charge is 2.21. The van der Waals surface area contributed by atoms with Gasteiger partial charge in [0.25, 0.3) is 5.91 Å². The van der Waals surface area contributed by atoms with E-state index in [0.717, 1.165) is 45.5 Å². The maximum absolute atomic E-state index is 12.8. The van der Waals surface area contributed by atoms with Crippen molar-refractivity contribution in [3.05, 3.63) is 40.8 Å². The summed E-state index contributed by atoms with van der Waals surface area (Å²) in [6.45, 7) is 4.02. The second kappa shape index (κ2) is 7.86. The van der Waals surface area contributed by atoms with Crippen molar-refractivity contribution in [2.24, 2.45) is 0 Å². The smallest absolute Gasteiger partial charge is 0.265 e. The minimum absolute atomic E-state index is 0.0948.